The van der Waals surface area contributed by atoms with Crippen LogP contribution in [0.3, 0.4) is 0 Å². The van der Waals surface area contributed by atoms with Crippen LogP contribution in [0.4, 0.5) is 0 Å². The number of carboxylic acids is 1. The lowest BCUT2D eigenvalue weighted by Crippen LogP contribution is -2.03. The minimum Gasteiger partial charge on any atom is -0.478 e. The van der Waals surface area contributed by atoms with Crippen LogP contribution in [-0.4, -0.2) is 21.0 Å². The van der Waals surface area contributed by atoms with Gasteiger partial charge in [-0.05, 0) is 34.9 Å². The summed E-state index contributed by atoms with van der Waals surface area (Å²) in [6.45, 7) is 3.84. The SMILES string of the molecule is C#C/C=C(\C#C)c1nc(-c2ccc(C(=O)O)cc2)c(-c2ccc(C3=CC=C(N)C3)cc2)nc1-c1ccc(C=C)cc1. The number of terminal acetylenes is 2. The lowest BCUT2D eigenvalue weighted by Gasteiger charge is -2.16. The quantitative estimate of drug-likeness (QED) is 0.248. The van der Waals surface area contributed by atoms with Crippen LogP contribution in [0.2, 0.25) is 0 Å². The third-order valence-corrected chi connectivity index (χ3v) is 6.78. The largest absolute Gasteiger partial charge is 0.478 e. The molecule has 1 heterocycles. The van der Waals surface area contributed by atoms with E-state index in [1.54, 1.807) is 18.2 Å². The molecule has 3 aromatic carbocycles. The second-order valence-corrected chi connectivity index (χ2v) is 9.38. The highest BCUT2D eigenvalue weighted by atomic mass is 16.4. The maximum absolute atomic E-state index is 11.5. The van der Waals surface area contributed by atoms with Crippen molar-refractivity contribution in [1.29, 1.82) is 0 Å². The smallest absolute Gasteiger partial charge is 0.335 e. The second kappa shape index (κ2) is 11.5. The lowest BCUT2D eigenvalue weighted by molar-refractivity contribution is 0.0697. The lowest BCUT2D eigenvalue weighted by atomic mass is 9.97. The van der Waals surface area contributed by atoms with Crippen LogP contribution in [-0.2, 0) is 0 Å². The van der Waals surface area contributed by atoms with E-state index in [2.05, 4.69) is 18.4 Å². The number of nitrogens with zero attached hydrogens (tertiary/aromatic N) is 2. The molecule has 196 valence electrons. The van der Waals surface area contributed by atoms with Gasteiger partial charge in [-0.2, -0.15) is 0 Å². The Morgan fingerprint density at radius 1 is 0.829 bits per heavy atom. The van der Waals surface area contributed by atoms with E-state index in [-0.39, 0.29) is 5.56 Å². The number of aromatic nitrogens is 2. The summed E-state index contributed by atoms with van der Waals surface area (Å²) in [4.78, 5) is 21.7. The Kier molecular flexibility index (Phi) is 7.45. The molecule has 0 saturated carbocycles. The van der Waals surface area contributed by atoms with Gasteiger partial charge < -0.3 is 10.8 Å². The Morgan fingerprint density at radius 2 is 1.39 bits per heavy atom. The van der Waals surface area contributed by atoms with Gasteiger partial charge in [0.05, 0.1) is 28.2 Å². The van der Waals surface area contributed by atoms with E-state index in [1.165, 1.54) is 18.2 Å². The molecular weight excluding hydrogens is 506 g/mol. The standard InChI is InChI=1S/C36H25N3O2/c1-4-7-24(6-3)32-33(26-10-8-23(5-2)9-11-26)39-35(34(38-32)28-16-18-29(19-17-28)36(40)41)27-14-12-25(13-15-27)30-20-21-31(37)22-30/h1,3,5,7-21H,2,22,37H2,(H,40,41)/b24-7+. The number of aromatic carboxylic acids is 1. The fourth-order valence-electron chi connectivity index (χ4n) is 4.62. The molecule has 4 aromatic rings. The minimum absolute atomic E-state index is 0.168. The average Bonchev–Trinajstić information content (AvgIpc) is 3.45. The third-order valence-electron chi connectivity index (χ3n) is 6.78. The summed E-state index contributed by atoms with van der Waals surface area (Å²) in [5, 5.41) is 9.42. The predicted molar refractivity (Wildman–Crippen MR) is 166 cm³/mol. The molecule has 0 radical (unpaired) electrons. The molecule has 1 aliphatic rings. The van der Waals surface area contributed by atoms with Gasteiger partial charge >= 0.3 is 5.97 Å². The third kappa shape index (κ3) is 5.47. The van der Waals surface area contributed by atoms with Crippen LogP contribution in [0.1, 0.15) is 33.6 Å². The Balaban J connectivity index is 1.75. The summed E-state index contributed by atoms with van der Waals surface area (Å²) in [7, 11) is 0. The molecule has 0 atom stereocenters. The Hall–Kier alpha value is -5.91. The molecule has 5 nitrogen and oxygen atoms in total. The summed E-state index contributed by atoms with van der Waals surface area (Å²) in [5.74, 6) is 4.15. The van der Waals surface area contributed by atoms with Crippen molar-refractivity contribution in [2.45, 2.75) is 6.42 Å². The van der Waals surface area contributed by atoms with Crippen molar-refractivity contribution in [2.75, 3.05) is 0 Å². The van der Waals surface area contributed by atoms with Crippen molar-refractivity contribution < 1.29 is 9.90 Å². The molecule has 3 N–H and O–H groups in total. The van der Waals surface area contributed by atoms with Crippen LogP contribution in [0.25, 0.3) is 51.0 Å². The monoisotopic (exact) mass is 531 g/mol. The Labute approximate surface area is 239 Å². The van der Waals surface area contributed by atoms with Gasteiger partial charge in [-0.15, -0.1) is 12.8 Å². The van der Waals surface area contributed by atoms with Crippen LogP contribution < -0.4 is 5.73 Å². The van der Waals surface area contributed by atoms with Gasteiger partial charge in [0.2, 0.25) is 0 Å². The highest BCUT2D eigenvalue weighted by Crippen LogP contribution is 2.36. The number of rotatable bonds is 7. The van der Waals surface area contributed by atoms with Gasteiger partial charge in [0.1, 0.15) is 5.69 Å². The number of carboxylic acid groups (broad SMARTS) is 1. The molecule has 5 rings (SSSR count). The van der Waals surface area contributed by atoms with Gasteiger partial charge in [0, 0.05) is 34.9 Å². The van der Waals surface area contributed by atoms with Gasteiger partial charge in [-0.1, -0.05) is 91.2 Å². The zero-order valence-electron chi connectivity index (χ0n) is 22.1. The van der Waals surface area contributed by atoms with Crippen molar-refractivity contribution in [3.05, 3.63) is 126 Å². The normalized spacial score (nSPS) is 12.6. The topological polar surface area (TPSA) is 89.1 Å². The van der Waals surface area contributed by atoms with Crippen LogP contribution in [0, 0.1) is 24.7 Å². The van der Waals surface area contributed by atoms with E-state index < -0.39 is 5.97 Å². The number of allylic oxidation sites excluding steroid dienone is 5. The van der Waals surface area contributed by atoms with Gasteiger partial charge in [0.15, 0.2) is 0 Å². The summed E-state index contributed by atoms with van der Waals surface area (Å²) in [6.07, 6.45) is 19.4. The highest BCUT2D eigenvalue weighted by molar-refractivity contribution is 5.91. The van der Waals surface area contributed by atoms with Crippen molar-refractivity contribution in [3.8, 4) is 58.5 Å². The summed E-state index contributed by atoms with van der Waals surface area (Å²) in [5.41, 5.74) is 15.0. The molecule has 0 bridgehead atoms. The molecule has 41 heavy (non-hydrogen) atoms. The number of nitrogens with two attached hydrogens (primary N) is 1. The first-order valence-electron chi connectivity index (χ1n) is 12.8. The van der Waals surface area contributed by atoms with Crippen molar-refractivity contribution in [2.24, 2.45) is 5.73 Å². The molecule has 0 fully saturated rings. The fourth-order valence-corrected chi connectivity index (χ4v) is 4.62. The van der Waals surface area contributed by atoms with E-state index in [0.717, 1.165) is 33.5 Å². The zero-order valence-corrected chi connectivity index (χ0v) is 22.1. The van der Waals surface area contributed by atoms with E-state index in [4.69, 9.17) is 28.5 Å². The molecule has 0 spiro atoms. The van der Waals surface area contributed by atoms with Gasteiger partial charge in [0.25, 0.3) is 0 Å². The van der Waals surface area contributed by atoms with E-state index >= 15 is 0 Å². The first-order chi connectivity index (χ1) is 19.9. The van der Waals surface area contributed by atoms with Gasteiger partial charge in [-0.3, -0.25) is 0 Å². The Bertz CT molecular complexity index is 1840. The number of hydrogen-bond acceptors (Lipinski definition) is 4. The van der Waals surface area contributed by atoms with Crippen molar-refractivity contribution in [3.63, 3.8) is 0 Å². The average molecular weight is 532 g/mol. The Morgan fingerprint density at radius 3 is 1.93 bits per heavy atom. The molecule has 5 heteroatoms. The molecule has 0 saturated heterocycles. The second-order valence-electron chi connectivity index (χ2n) is 9.38. The molecule has 0 amide bonds. The summed E-state index contributed by atoms with van der Waals surface area (Å²) >= 11 is 0. The van der Waals surface area contributed by atoms with E-state index in [9.17, 15) is 9.90 Å². The molecule has 0 aliphatic heterocycles. The fraction of sp³-hybridized carbons (Fsp3) is 0.0278. The zero-order chi connectivity index (χ0) is 28.9. The number of carbonyl (C=O) groups is 1. The highest BCUT2D eigenvalue weighted by Gasteiger charge is 2.21. The maximum Gasteiger partial charge on any atom is 0.335 e. The predicted octanol–water partition coefficient (Wildman–Crippen LogP) is 7.10. The summed E-state index contributed by atoms with van der Waals surface area (Å²) < 4.78 is 0. The maximum atomic E-state index is 11.5. The van der Waals surface area contributed by atoms with Gasteiger partial charge in [-0.25, -0.2) is 14.8 Å². The van der Waals surface area contributed by atoms with Crippen molar-refractivity contribution in [1.82, 2.24) is 9.97 Å². The van der Waals surface area contributed by atoms with Crippen LogP contribution >= 0.6 is 0 Å². The first-order valence-corrected chi connectivity index (χ1v) is 12.8. The number of hydrogen-bond donors (Lipinski definition) is 2. The van der Waals surface area contributed by atoms with Crippen LogP contribution in [0.15, 0.2) is 103 Å². The van der Waals surface area contributed by atoms with Crippen molar-refractivity contribution >= 4 is 23.2 Å². The molecule has 1 aromatic heterocycles. The minimum atomic E-state index is -1.01. The number of benzene rings is 3. The molecular formula is C36H25N3O2. The molecule has 1 aliphatic carbocycles. The van der Waals surface area contributed by atoms with E-state index in [0.29, 0.717) is 40.3 Å². The van der Waals surface area contributed by atoms with Crippen LogP contribution in [0.5, 0.6) is 0 Å². The van der Waals surface area contributed by atoms with E-state index in [1.807, 2.05) is 60.7 Å². The molecule has 0 unspecified atom stereocenters. The summed E-state index contributed by atoms with van der Waals surface area (Å²) in [6, 6.07) is 22.3. The first kappa shape index (κ1) is 26.7.